The van der Waals surface area contributed by atoms with E-state index in [9.17, 15) is 14.7 Å². The molecule has 3 atom stereocenters. The van der Waals surface area contributed by atoms with E-state index in [4.69, 9.17) is 18.9 Å². The highest BCUT2D eigenvalue weighted by molar-refractivity contribution is 5.78. The van der Waals surface area contributed by atoms with Crippen LogP contribution in [0.25, 0.3) is 11.1 Å². The predicted molar refractivity (Wildman–Crippen MR) is 159 cm³/mol. The van der Waals surface area contributed by atoms with E-state index in [1.165, 1.54) is 26.8 Å². The Morgan fingerprint density at radius 3 is 2.89 bits per heavy atom. The number of ether oxygens (including phenoxy) is 4. The van der Waals surface area contributed by atoms with Crippen molar-refractivity contribution < 1.29 is 28.8 Å². The lowest BCUT2D eigenvalue weighted by Gasteiger charge is -2.25. The highest BCUT2D eigenvalue weighted by Gasteiger charge is 2.62. The molecule has 3 heterocycles. The van der Waals surface area contributed by atoms with Crippen LogP contribution >= 0.6 is 0 Å². The Bertz CT molecular complexity index is 1850. The average Bonchev–Trinajstić information content (AvgIpc) is 3.40. The van der Waals surface area contributed by atoms with Crippen molar-refractivity contribution in [1.29, 1.82) is 0 Å². The molecule has 0 radical (unpaired) electrons. The van der Waals surface area contributed by atoms with Gasteiger partial charge in [-0.3, -0.25) is 4.57 Å². The summed E-state index contributed by atoms with van der Waals surface area (Å²) in [5, 5.41) is 15.5. The quantitative estimate of drug-likeness (QED) is 0.216. The number of alkyl carbamates (subject to hydrolysis) is 1. The number of benzene rings is 3. The summed E-state index contributed by atoms with van der Waals surface area (Å²) in [5.74, 6) is 1.90. The Morgan fingerprint density at radius 1 is 1.11 bits per heavy atom. The Kier molecular flexibility index (Phi) is 6.31. The number of para-hydroxylation sites is 1. The summed E-state index contributed by atoms with van der Waals surface area (Å²) < 4.78 is 24.8. The predicted octanol–water partition coefficient (Wildman–Crippen LogP) is 4.64. The number of fused-ring (bicyclic) bond motifs is 6. The molecule has 1 aromatic heterocycles. The lowest BCUT2D eigenvalue weighted by Crippen LogP contribution is -2.30. The maximum Gasteiger partial charge on any atom is 0.407 e. The third kappa shape index (κ3) is 4.65. The molecule has 0 spiro atoms. The van der Waals surface area contributed by atoms with Crippen LogP contribution in [-0.2, 0) is 22.5 Å². The summed E-state index contributed by atoms with van der Waals surface area (Å²) in [6.45, 7) is 0.518. The molecule has 8 rings (SSSR count). The van der Waals surface area contributed by atoms with Gasteiger partial charge in [0.15, 0.2) is 17.3 Å². The summed E-state index contributed by atoms with van der Waals surface area (Å²) in [4.78, 5) is 29.4. The molecular weight excluding hydrogens is 564 g/mol. The van der Waals surface area contributed by atoms with Crippen LogP contribution in [0.2, 0.25) is 0 Å². The largest absolute Gasteiger partial charge is 0.489 e. The topological polar surface area (TPSA) is 133 Å². The minimum absolute atomic E-state index is 0.0582. The molecule has 2 aliphatic heterocycles. The van der Waals surface area contributed by atoms with Gasteiger partial charge in [-0.2, -0.15) is 4.98 Å². The van der Waals surface area contributed by atoms with Crippen molar-refractivity contribution in [3.63, 3.8) is 0 Å². The van der Waals surface area contributed by atoms with E-state index in [2.05, 4.69) is 45.9 Å². The number of aromatic nitrogens is 2. The van der Waals surface area contributed by atoms with Crippen molar-refractivity contribution in [2.75, 3.05) is 25.1 Å². The maximum atomic E-state index is 12.8. The number of nitrogens with zero attached hydrogens (tertiary/aromatic N) is 2. The average molecular weight is 595 g/mol. The molecule has 3 aromatic carbocycles. The van der Waals surface area contributed by atoms with Crippen molar-refractivity contribution in [3.05, 3.63) is 94.0 Å². The second kappa shape index (κ2) is 10.4. The molecule has 11 nitrogen and oxygen atoms in total. The van der Waals surface area contributed by atoms with E-state index in [0.29, 0.717) is 29.4 Å². The van der Waals surface area contributed by atoms with Crippen LogP contribution in [0.1, 0.15) is 35.8 Å². The molecule has 1 unspecified atom stereocenters. The zero-order valence-corrected chi connectivity index (χ0v) is 23.7. The maximum absolute atomic E-state index is 12.8. The third-order valence-electron chi connectivity index (χ3n) is 8.84. The first-order chi connectivity index (χ1) is 21.5. The van der Waals surface area contributed by atoms with Crippen LogP contribution in [0.15, 0.2) is 71.7 Å². The summed E-state index contributed by atoms with van der Waals surface area (Å²) in [6, 6.07) is 19.9. The molecule has 224 valence electrons. The van der Waals surface area contributed by atoms with Gasteiger partial charge in [-0.1, -0.05) is 48.5 Å². The van der Waals surface area contributed by atoms with Crippen LogP contribution < -0.4 is 25.8 Å². The van der Waals surface area contributed by atoms with Crippen molar-refractivity contribution in [2.24, 2.45) is 5.92 Å². The van der Waals surface area contributed by atoms with Crippen molar-refractivity contribution >= 4 is 17.6 Å². The SMILES string of the molecule is O=C(NCCOc1cccc2c1Nc1nc(=O)n([C@H]3CC4C[C@]4(CO)O3)cc1O2)OCc1ccc2c(c1)Cc1ccccc1-2. The molecule has 44 heavy (non-hydrogen) atoms. The molecule has 11 heteroatoms. The minimum atomic E-state index is -0.531. The summed E-state index contributed by atoms with van der Waals surface area (Å²) >= 11 is 0. The van der Waals surface area contributed by atoms with E-state index in [1.54, 1.807) is 24.4 Å². The Balaban J connectivity index is 0.845. The highest BCUT2D eigenvalue weighted by atomic mass is 16.6. The van der Waals surface area contributed by atoms with Gasteiger partial charge in [0.05, 0.1) is 24.9 Å². The van der Waals surface area contributed by atoms with E-state index in [0.717, 1.165) is 18.4 Å². The molecule has 4 aliphatic rings. The van der Waals surface area contributed by atoms with Gasteiger partial charge in [-0.05, 0) is 65.1 Å². The Labute approximate surface area is 252 Å². The van der Waals surface area contributed by atoms with Crippen LogP contribution in [0.4, 0.5) is 16.3 Å². The summed E-state index contributed by atoms with van der Waals surface area (Å²) in [7, 11) is 0. The Morgan fingerprint density at radius 2 is 2.00 bits per heavy atom. The first kappa shape index (κ1) is 26.7. The zero-order valence-electron chi connectivity index (χ0n) is 23.7. The number of anilines is 2. The Hall–Kier alpha value is -4.87. The molecule has 0 bridgehead atoms. The van der Waals surface area contributed by atoms with Gasteiger partial charge in [0.1, 0.15) is 30.9 Å². The summed E-state index contributed by atoms with van der Waals surface area (Å²) in [5.41, 5.74) is 5.51. The number of amides is 1. The van der Waals surface area contributed by atoms with Gasteiger partial charge in [-0.25, -0.2) is 9.59 Å². The minimum Gasteiger partial charge on any atom is -0.489 e. The number of carbonyl (C=O) groups excluding carboxylic acids is 1. The first-order valence-corrected chi connectivity index (χ1v) is 14.7. The lowest BCUT2D eigenvalue weighted by molar-refractivity contribution is -0.0619. The van der Waals surface area contributed by atoms with Crippen LogP contribution in [0, 0.1) is 5.92 Å². The van der Waals surface area contributed by atoms with E-state index in [-0.39, 0.29) is 38.1 Å². The van der Waals surface area contributed by atoms with Gasteiger partial charge >= 0.3 is 11.8 Å². The van der Waals surface area contributed by atoms with Gasteiger partial charge in [0, 0.05) is 0 Å². The number of hydrogen-bond acceptors (Lipinski definition) is 9. The van der Waals surface area contributed by atoms with Crippen LogP contribution in [0.3, 0.4) is 0 Å². The molecule has 2 aliphatic carbocycles. The van der Waals surface area contributed by atoms with Crippen LogP contribution in [0.5, 0.6) is 17.2 Å². The molecule has 3 N–H and O–H groups in total. The van der Waals surface area contributed by atoms with Crippen molar-refractivity contribution in [2.45, 2.75) is 37.7 Å². The summed E-state index contributed by atoms with van der Waals surface area (Å²) in [6.07, 6.45) is 2.91. The van der Waals surface area contributed by atoms with Gasteiger partial charge in [-0.15, -0.1) is 0 Å². The van der Waals surface area contributed by atoms with E-state index in [1.807, 2.05) is 12.1 Å². The van der Waals surface area contributed by atoms with Crippen molar-refractivity contribution in [1.82, 2.24) is 14.9 Å². The number of hydrogen-bond donors (Lipinski definition) is 3. The normalized spacial score (nSPS) is 21.5. The zero-order chi connectivity index (χ0) is 29.8. The van der Waals surface area contributed by atoms with Gasteiger partial charge in [0.2, 0.25) is 0 Å². The number of carbonyl (C=O) groups is 1. The molecular formula is C33H30N4O7. The molecule has 1 saturated heterocycles. The monoisotopic (exact) mass is 594 g/mol. The molecule has 2 fully saturated rings. The van der Waals surface area contributed by atoms with Gasteiger partial charge in [0.25, 0.3) is 0 Å². The lowest BCUT2D eigenvalue weighted by atomic mass is 10.0. The fourth-order valence-electron chi connectivity index (χ4n) is 6.46. The fourth-order valence-corrected chi connectivity index (χ4v) is 6.46. The van der Waals surface area contributed by atoms with Gasteiger partial charge < -0.3 is 34.7 Å². The number of nitrogens with one attached hydrogen (secondary N) is 2. The number of rotatable bonds is 8. The molecule has 4 aromatic rings. The second-order valence-corrected chi connectivity index (χ2v) is 11.6. The molecule has 1 amide bonds. The fraction of sp³-hybridized carbons (Fsp3) is 0.303. The third-order valence-corrected chi connectivity index (χ3v) is 8.84. The first-order valence-electron chi connectivity index (χ1n) is 14.7. The van der Waals surface area contributed by atoms with Crippen molar-refractivity contribution in [3.8, 4) is 28.4 Å². The van der Waals surface area contributed by atoms with Crippen LogP contribution in [-0.4, -0.2) is 46.1 Å². The number of aliphatic hydroxyl groups excluding tert-OH is 1. The smallest absolute Gasteiger partial charge is 0.407 e. The highest BCUT2D eigenvalue weighted by Crippen LogP contribution is 2.58. The molecule has 1 saturated carbocycles. The standard InChI is InChI=1S/C33H30N4O7/c38-18-33-15-22(33)14-28(44-33)37-16-27-30(36-31(37)39)35-29-25(6-3-7-26(29)43-27)41-11-10-34-32(40)42-17-19-8-9-24-21(12-19)13-20-4-1-2-5-23(20)24/h1-9,12,16,22,28,38H,10-11,13-15,17-18H2,(H,34,40)(H,35,36,39)/t22?,28-,33-/m1/s1. The van der Waals surface area contributed by atoms with E-state index < -0.39 is 23.6 Å². The number of aliphatic hydroxyl groups is 1. The second-order valence-electron chi connectivity index (χ2n) is 11.6. The van der Waals surface area contributed by atoms with E-state index >= 15 is 0 Å².